The van der Waals surface area contributed by atoms with Gasteiger partial charge in [-0.3, -0.25) is 0 Å². The van der Waals surface area contributed by atoms with Gasteiger partial charge in [-0.25, -0.2) is 6.57 Å². The van der Waals surface area contributed by atoms with Gasteiger partial charge in [0.15, 0.2) is 8.61 Å². The van der Waals surface area contributed by atoms with E-state index < -0.39 is 0 Å². The molecule has 0 aliphatic heterocycles. The Morgan fingerprint density at radius 1 is 2.00 bits per heavy atom. The van der Waals surface area contributed by atoms with E-state index in [1.54, 1.807) is 0 Å². The van der Waals surface area contributed by atoms with Crippen molar-refractivity contribution >= 4 is 16.2 Å². The van der Waals surface area contributed by atoms with Crippen LogP contribution in [0.25, 0.3) is 4.62 Å². The van der Waals surface area contributed by atoms with Crippen LogP contribution < -0.4 is 0 Å². The Labute approximate surface area is 28.4 Å². The molecule has 0 rings (SSSR count). The van der Waals surface area contributed by atoms with Gasteiger partial charge in [-0.15, -0.1) is 0 Å². The first-order valence-corrected chi connectivity index (χ1v) is 2.39. The first kappa shape index (κ1) is 3.98. The van der Waals surface area contributed by atoms with E-state index in [0.29, 0.717) is 8.61 Å². The minimum atomic E-state index is 0.432. The van der Waals surface area contributed by atoms with Gasteiger partial charge < -0.3 is 4.62 Å². The number of hydrogen-bond acceptors (Lipinski definition) is 0. The van der Waals surface area contributed by atoms with E-state index in [0.717, 1.165) is 0 Å². The summed E-state index contributed by atoms with van der Waals surface area (Å²) in [5.41, 5.74) is 0. The van der Waals surface area contributed by atoms with E-state index in [2.05, 4.69) is 4.62 Å². The maximum Gasteiger partial charge on any atom is 0.237 e. The molecule has 4 heavy (non-hydrogen) atoms. The first-order valence-electron chi connectivity index (χ1n) is 0.947. The minimum Gasteiger partial charge on any atom is -0.319 e. The van der Waals surface area contributed by atoms with Gasteiger partial charge in [0, 0.05) is 0 Å². The molecule has 0 fully saturated rings. The fraction of sp³-hybridized carbons (Fsp3) is 0. The van der Waals surface area contributed by atoms with E-state index >= 15 is 0 Å². The van der Waals surface area contributed by atoms with E-state index in [4.69, 9.17) is 6.57 Å². The van der Waals surface area contributed by atoms with Crippen LogP contribution in [0.4, 0.5) is 0 Å². The molecule has 0 heterocycles. The zero-order valence-corrected chi connectivity index (χ0v) is 3.45. The van der Waals surface area contributed by atoms with Crippen LogP contribution >= 0.6 is 8.61 Å². The van der Waals surface area contributed by atoms with Gasteiger partial charge >= 0.3 is 0 Å². The van der Waals surface area contributed by atoms with E-state index in [-0.39, 0.29) is 0 Å². The fourth-order valence-corrected chi connectivity index (χ4v) is 0. The van der Waals surface area contributed by atoms with Gasteiger partial charge in [0.1, 0.15) is 0 Å². The second kappa shape index (κ2) is 2.98. The lowest BCUT2D eigenvalue weighted by atomic mass is 10.8. The molecule has 1 atom stereocenters. The Bertz CT molecular complexity index is 37.8. The summed E-state index contributed by atoms with van der Waals surface area (Å²) >= 11 is 0. The second-order valence-electron chi connectivity index (χ2n) is 0.335. The molecule has 0 aromatic rings. The second-order valence-corrected chi connectivity index (χ2v) is 1.01. The SMILES string of the molecule is BP[N+]#[C-]. The third-order valence-electron chi connectivity index (χ3n) is 0.112. The summed E-state index contributed by atoms with van der Waals surface area (Å²) < 4.78 is 3.01. The fourth-order valence-electron chi connectivity index (χ4n) is 0. The molecule has 0 saturated carbocycles. The number of rotatable bonds is 0. The molecule has 0 saturated heterocycles. The smallest absolute Gasteiger partial charge is 0.237 e. The van der Waals surface area contributed by atoms with Crippen molar-refractivity contribution in [1.29, 1.82) is 0 Å². The van der Waals surface area contributed by atoms with Crippen LogP contribution in [0.15, 0.2) is 0 Å². The molecule has 3 heteroatoms. The lowest BCUT2D eigenvalue weighted by Crippen LogP contribution is -1.19. The molecule has 0 spiro atoms. The van der Waals surface area contributed by atoms with Crippen molar-refractivity contribution in [2.75, 3.05) is 0 Å². The van der Waals surface area contributed by atoms with Crippen LogP contribution in [-0.4, -0.2) is 7.57 Å². The molecule has 20 valence electrons. The molecule has 0 radical (unpaired) electrons. The highest BCUT2D eigenvalue weighted by Gasteiger charge is 1.55. The van der Waals surface area contributed by atoms with Gasteiger partial charge in [0.25, 0.3) is 0 Å². The predicted octanol–water partition coefficient (Wildman–Crippen LogP) is 0.0473. The normalized spacial score (nSPS) is 7.75. The molecule has 0 aliphatic carbocycles. The topological polar surface area (TPSA) is 4.36 Å². The summed E-state index contributed by atoms with van der Waals surface area (Å²) in [6.07, 6.45) is 0. The predicted molar refractivity (Wildman–Crippen MR) is 23.5 cm³/mol. The zero-order chi connectivity index (χ0) is 3.41. The van der Waals surface area contributed by atoms with Gasteiger partial charge in [0.05, 0.1) is 0 Å². The Kier molecular flexibility index (Phi) is 2.97. The summed E-state index contributed by atoms with van der Waals surface area (Å²) in [5, 5.41) is 0. The first-order chi connectivity index (χ1) is 1.91. The summed E-state index contributed by atoms with van der Waals surface area (Å²) in [4.78, 5) is 0. The molecule has 1 unspecified atom stereocenters. The maximum atomic E-state index is 6.09. The third kappa shape index (κ3) is 1.98. The molecule has 0 aliphatic rings. The summed E-state index contributed by atoms with van der Waals surface area (Å²) in [6, 6.07) is 0. The zero-order valence-electron chi connectivity index (χ0n) is 2.45. The van der Waals surface area contributed by atoms with Crippen LogP contribution in [0, 0.1) is 6.57 Å². The quantitative estimate of drug-likeness (QED) is 0.216. The largest absolute Gasteiger partial charge is 0.319 e. The van der Waals surface area contributed by atoms with Crippen LogP contribution in [0.2, 0.25) is 0 Å². The van der Waals surface area contributed by atoms with Crippen molar-refractivity contribution in [3.8, 4) is 0 Å². The van der Waals surface area contributed by atoms with Gasteiger partial charge in [-0.1, -0.05) is 0 Å². The molecule has 0 aromatic heterocycles. The van der Waals surface area contributed by atoms with Crippen molar-refractivity contribution in [2.45, 2.75) is 0 Å². The maximum absolute atomic E-state index is 6.09. The Morgan fingerprint density at radius 2 is 2.25 bits per heavy atom. The minimum absolute atomic E-state index is 0.432. The lowest BCUT2D eigenvalue weighted by Gasteiger charge is -1.49. The van der Waals surface area contributed by atoms with Crippen molar-refractivity contribution < 1.29 is 0 Å². The highest BCUT2D eigenvalue weighted by atomic mass is 31.1. The lowest BCUT2D eigenvalue weighted by molar-refractivity contribution is 2.60. The van der Waals surface area contributed by atoms with Crippen LogP contribution in [0.1, 0.15) is 0 Å². The highest BCUT2D eigenvalue weighted by molar-refractivity contribution is 7.68. The van der Waals surface area contributed by atoms with Crippen molar-refractivity contribution in [3.63, 3.8) is 0 Å². The molecule has 0 N–H and O–H groups in total. The van der Waals surface area contributed by atoms with Crippen molar-refractivity contribution in [1.82, 2.24) is 0 Å². The molecule has 0 amide bonds. The van der Waals surface area contributed by atoms with Gasteiger partial charge in [0.2, 0.25) is 7.57 Å². The Balaban J connectivity index is 2.43. The molecular weight excluding hydrogens is 67.8 g/mol. The van der Waals surface area contributed by atoms with E-state index in [9.17, 15) is 0 Å². The van der Waals surface area contributed by atoms with Crippen LogP contribution in [-0.2, 0) is 0 Å². The highest BCUT2D eigenvalue weighted by Crippen LogP contribution is 1.96. The Morgan fingerprint density at radius 3 is 2.25 bits per heavy atom. The number of hydrogen-bond donors (Lipinski definition) is 0. The average molecular weight is 70.8 g/mol. The average Bonchev–Trinajstić information content (AvgIpc) is 1.37. The summed E-state index contributed by atoms with van der Waals surface area (Å²) in [5.74, 6) is 0. The standard InChI is InChI=1S/CH3BNP/c1-3-4-2/h4H,2H2. The molecule has 1 nitrogen and oxygen atoms in total. The molecule has 0 aromatic carbocycles. The van der Waals surface area contributed by atoms with Crippen LogP contribution in [0.3, 0.4) is 0 Å². The monoisotopic (exact) mass is 71.0 g/mol. The van der Waals surface area contributed by atoms with E-state index in [1.807, 2.05) is 7.57 Å². The van der Waals surface area contributed by atoms with E-state index in [1.165, 1.54) is 0 Å². The van der Waals surface area contributed by atoms with Gasteiger partial charge in [-0.05, 0) is 0 Å². The number of nitrogens with zero attached hydrogens (tertiary/aromatic N) is 1. The summed E-state index contributed by atoms with van der Waals surface area (Å²) in [6.45, 7) is 6.09. The van der Waals surface area contributed by atoms with Gasteiger partial charge in [-0.2, -0.15) is 0 Å². The Hall–Kier alpha value is -0.0151. The van der Waals surface area contributed by atoms with Crippen LogP contribution in [0.5, 0.6) is 0 Å². The van der Waals surface area contributed by atoms with Crippen molar-refractivity contribution in [3.05, 3.63) is 11.2 Å². The molecular formula is CH3BNP. The molecule has 0 bridgehead atoms. The third-order valence-corrected chi connectivity index (χ3v) is 0.335. The van der Waals surface area contributed by atoms with Crippen molar-refractivity contribution in [2.24, 2.45) is 0 Å². The summed E-state index contributed by atoms with van der Waals surface area (Å²) in [7, 11) is 2.29.